The number of halogens is 1. The molecular formula is C10H13BrN2O2. The number of hydrogen-bond acceptors (Lipinski definition) is 3. The molecule has 0 aromatic carbocycles. The maximum absolute atomic E-state index is 11.8. The number of carbonyl (C=O) groups is 1. The zero-order valence-corrected chi connectivity index (χ0v) is 10.3. The molecule has 1 rings (SSSR count). The summed E-state index contributed by atoms with van der Waals surface area (Å²) in [7, 11) is 3.33. The molecule has 0 atom stereocenters. The van der Waals surface area contributed by atoms with Crippen LogP contribution in [0.1, 0.15) is 10.5 Å². The van der Waals surface area contributed by atoms with Crippen LogP contribution in [0.25, 0.3) is 0 Å². The standard InChI is InChI=1S/C10H13BrN2O2/c1-13(6-7-15-2)10(14)8-4-3-5-9(11)12-8/h3-5H,6-7H2,1-2H3. The summed E-state index contributed by atoms with van der Waals surface area (Å²) in [4.78, 5) is 17.5. The molecule has 0 aliphatic carbocycles. The van der Waals surface area contributed by atoms with E-state index in [-0.39, 0.29) is 5.91 Å². The topological polar surface area (TPSA) is 42.4 Å². The van der Waals surface area contributed by atoms with Gasteiger partial charge in [0.05, 0.1) is 6.61 Å². The number of aromatic nitrogens is 1. The van der Waals surface area contributed by atoms with Gasteiger partial charge in [0.2, 0.25) is 0 Å². The first-order valence-electron chi connectivity index (χ1n) is 4.52. The number of nitrogens with zero attached hydrogens (tertiary/aromatic N) is 2. The zero-order valence-electron chi connectivity index (χ0n) is 8.74. The van der Waals surface area contributed by atoms with Gasteiger partial charge >= 0.3 is 0 Å². The van der Waals surface area contributed by atoms with Crippen molar-refractivity contribution in [1.82, 2.24) is 9.88 Å². The fourth-order valence-corrected chi connectivity index (χ4v) is 1.40. The molecule has 0 N–H and O–H groups in total. The minimum Gasteiger partial charge on any atom is -0.383 e. The van der Waals surface area contributed by atoms with Crippen LogP contribution in [0.4, 0.5) is 0 Å². The molecule has 0 fully saturated rings. The molecule has 15 heavy (non-hydrogen) atoms. The molecule has 0 unspecified atom stereocenters. The van der Waals surface area contributed by atoms with Crippen molar-refractivity contribution in [3.05, 3.63) is 28.5 Å². The Balaban J connectivity index is 2.67. The number of hydrogen-bond donors (Lipinski definition) is 0. The van der Waals surface area contributed by atoms with Crippen LogP contribution < -0.4 is 0 Å². The van der Waals surface area contributed by atoms with Crippen molar-refractivity contribution >= 4 is 21.8 Å². The molecule has 0 bridgehead atoms. The van der Waals surface area contributed by atoms with Crippen LogP contribution >= 0.6 is 15.9 Å². The van der Waals surface area contributed by atoms with E-state index >= 15 is 0 Å². The van der Waals surface area contributed by atoms with E-state index < -0.39 is 0 Å². The highest BCUT2D eigenvalue weighted by Crippen LogP contribution is 2.07. The van der Waals surface area contributed by atoms with Crippen LogP contribution in [0.5, 0.6) is 0 Å². The molecule has 0 saturated carbocycles. The Morgan fingerprint density at radius 3 is 2.93 bits per heavy atom. The fourth-order valence-electron chi connectivity index (χ4n) is 1.05. The molecule has 1 aromatic heterocycles. The molecule has 0 radical (unpaired) electrons. The van der Waals surface area contributed by atoms with Crippen molar-refractivity contribution in [2.75, 3.05) is 27.3 Å². The van der Waals surface area contributed by atoms with E-state index in [4.69, 9.17) is 4.74 Å². The molecule has 0 saturated heterocycles. The first-order valence-corrected chi connectivity index (χ1v) is 5.31. The molecule has 82 valence electrons. The summed E-state index contributed by atoms with van der Waals surface area (Å²) in [5.41, 5.74) is 0.433. The van der Waals surface area contributed by atoms with Gasteiger partial charge in [0.1, 0.15) is 10.3 Å². The van der Waals surface area contributed by atoms with Gasteiger partial charge in [0, 0.05) is 20.7 Å². The Bertz CT molecular complexity index is 344. The van der Waals surface area contributed by atoms with Crippen LogP contribution in [-0.4, -0.2) is 43.1 Å². The Morgan fingerprint density at radius 1 is 1.60 bits per heavy atom. The number of carbonyl (C=O) groups excluding carboxylic acids is 1. The number of methoxy groups -OCH3 is 1. The van der Waals surface area contributed by atoms with Gasteiger partial charge in [0.25, 0.3) is 5.91 Å². The SMILES string of the molecule is COCCN(C)C(=O)c1cccc(Br)n1. The van der Waals surface area contributed by atoms with Gasteiger partial charge in [-0.25, -0.2) is 4.98 Å². The average molecular weight is 273 g/mol. The van der Waals surface area contributed by atoms with Gasteiger partial charge < -0.3 is 9.64 Å². The van der Waals surface area contributed by atoms with Crippen LogP contribution in [0.3, 0.4) is 0 Å². The van der Waals surface area contributed by atoms with E-state index in [1.54, 1.807) is 37.3 Å². The Morgan fingerprint density at radius 2 is 2.33 bits per heavy atom. The average Bonchev–Trinajstić information content (AvgIpc) is 2.24. The quantitative estimate of drug-likeness (QED) is 0.782. The van der Waals surface area contributed by atoms with Gasteiger partial charge in [-0.05, 0) is 28.1 Å². The largest absolute Gasteiger partial charge is 0.383 e. The smallest absolute Gasteiger partial charge is 0.272 e. The molecule has 1 amide bonds. The summed E-state index contributed by atoms with van der Waals surface area (Å²) in [5, 5.41) is 0. The second-order valence-corrected chi connectivity index (χ2v) is 3.88. The number of pyridine rings is 1. The molecular weight excluding hydrogens is 260 g/mol. The summed E-state index contributed by atoms with van der Waals surface area (Å²) in [5.74, 6) is -0.103. The number of amides is 1. The molecule has 1 heterocycles. The highest BCUT2D eigenvalue weighted by atomic mass is 79.9. The molecule has 0 spiro atoms. The van der Waals surface area contributed by atoms with Crippen molar-refractivity contribution < 1.29 is 9.53 Å². The van der Waals surface area contributed by atoms with Gasteiger partial charge in [0.15, 0.2) is 0 Å². The van der Waals surface area contributed by atoms with E-state index in [1.165, 1.54) is 0 Å². The molecule has 1 aromatic rings. The van der Waals surface area contributed by atoms with Crippen molar-refractivity contribution in [2.24, 2.45) is 0 Å². The highest BCUT2D eigenvalue weighted by Gasteiger charge is 2.12. The van der Waals surface area contributed by atoms with Crippen molar-refractivity contribution in [2.45, 2.75) is 0 Å². The van der Waals surface area contributed by atoms with Crippen molar-refractivity contribution in [1.29, 1.82) is 0 Å². The maximum Gasteiger partial charge on any atom is 0.272 e. The number of likely N-dealkylation sites (N-methyl/N-ethyl adjacent to an activating group) is 1. The van der Waals surface area contributed by atoms with Crippen molar-refractivity contribution in [3.63, 3.8) is 0 Å². The van der Waals surface area contributed by atoms with E-state index in [1.807, 2.05) is 0 Å². The Hall–Kier alpha value is -0.940. The first kappa shape index (κ1) is 12.1. The summed E-state index contributed by atoms with van der Waals surface area (Å²) in [6.07, 6.45) is 0. The third-order valence-corrected chi connectivity index (χ3v) is 2.35. The molecule has 0 aliphatic rings. The number of ether oxygens (including phenoxy) is 1. The monoisotopic (exact) mass is 272 g/mol. The molecule has 4 nitrogen and oxygen atoms in total. The van der Waals surface area contributed by atoms with Crippen LogP contribution in [0, 0.1) is 0 Å². The van der Waals surface area contributed by atoms with E-state index in [0.717, 1.165) is 0 Å². The minimum absolute atomic E-state index is 0.103. The summed E-state index contributed by atoms with van der Waals surface area (Å²) >= 11 is 3.23. The second-order valence-electron chi connectivity index (χ2n) is 3.07. The highest BCUT2D eigenvalue weighted by molar-refractivity contribution is 9.10. The lowest BCUT2D eigenvalue weighted by atomic mass is 10.3. The lowest BCUT2D eigenvalue weighted by molar-refractivity contribution is 0.0738. The normalized spacial score (nSPS) is 10.1. The first-order chi connectivity index (χ1) is 7.15. The van der Waals surface area contributed by atoms with E-state index in [2.05, 4.69) is 20.9 Å². The van der Waals surface area contributed by atoms with Gasteiger partial charge in [-0.3, -0.25) is 4.79 Å². The van der Waals surface area contributed by atoms with Crippen LogP contribution in [-0.2, 0) is 4.74 Å². The van der Waals surface area contributed by atoms with Crippen molar-refractivity contribution in [3.8, 4) is 0 Å². The Labute approximate surface area is 97.4 Å². The minimum atomic E-state index is -0.103. The maximum atomic E-state index is 11.8. The van der Waals surface area contributed by atoms with Gasteiger partial charge in [-0.15, -0.1) is 0 Å². The van der Waals surface area contributed by atoms with Crippen LogP contribution in [0.15, 0.2) is 22.8 Å². The zero-order chi connectivity index (χ0) is 11.3. The fraction of sp³-hybridized carbons (Fsp3) is 0.400. The third kappa shape index (κ3) is 3.60. The van der Waals surface area contributed by atoms with E-state index in [0.29, 0.717) is 23.4 Å². The van der Waals surface area contributed by atoms with E-state index in [9.17, 15) is 4.79 Å². The predicted octanol–water partition coefficient (Wildman–Crippen LogP) is 1.56. The second kappa shape index (κ2) is 5.82. The summed E-state index contributed by atoms with van der Waals surface area (Å²) < 4.78 is 5.56. The predicted molar refractivity (Wildman–Crippen MR) is 60.8 cm³/mol. The third-order valence-electron chi connectivity index (χ3n) is 1.91. The van der Waals surface area contributed by atoms with Gasteiger partial charge in [-0.1, -0.05) is 6.07 Å². The number of rotatable bonds is 4. The molecule has 5 heteroatoms. The summed E-state index contributed by atoms with van der Waals surface area (Å²) in [6, 6.07) is 5.26. The van der Waals surface area contributed by atoms with Gasteiger partial charge in [-0.2, -0.15) is 0 Å². The molecule has 0 aliphatic heterocycles. The lowest BCUT2D eigenvalue weighted by Gasteiger charge is -2.15. The van der Waals surface area contributed by atoms with Crippen LogP contribution in [0.2, 0.25) is 0 Å². The summed E-state index contributed by atoms with van der Waals surface area (Å²) in [6.45, 7) is 1.08. The lowest BCUT2D eigenvalue weighted by Crippen LogP contribution is -2.30. The Kier molecular flexibility index (Phi) is 4.71.